The van der Waals surface area contributed by atoms with E-state index in [9.17, 15) is 31.0 Å². The fraction of sp³-hybridized carbons (Fsp3) is 0.500. The molecule has 0 saturated carbocycles. The van der Waals surface area contributed by atoms with E-state index in [2.05, 4.69) is 35.6 Å². The summed E-state index contributed by atoms with van der Waals surface area (Å²) in [5, 5.41) is 11.0. The van der Waals surface area contributed by atoms with Crippen LogP contribution in [0, 0.1) is 11.6 Å². The number of benzene rings is 4. The Morgan fingerprint density at radius 2 is 0.973 bits per heavy atom. The minimum atomic E-state index is -3.79. The number of thiol groups is 1. The van der Waals surface area contributed by atoms with Crippen LogP contribution in [0.3, 0.4) is 0 Å². The van der Waals surface area contributed by atoms with E-state index in [1.807, 2.05) is 39.2 Å². The first-order valence-corrected chi connectivity index (χ1v) is 27.9. The van der Waals surface area contributed by atoms with Crippen LogP contribution in [0.15, 0.2) is 94.7 Å². The van der Waals surface area contributed by atoms with Crippen LogP contribution in [0.4, 0.5) is 18.4 Å². The quantitative estimate of drug-likeness (QED) is 0.0225. The number of hydrogen-bond acceptors (Lipinski definition) is 13. The number of halogens is 2. The van der Waals surface area contributed by atoms with Gasteiger partial charge in [0.2, 0.25) is 10.0 Å². The molecular formula is C52H73F2N8O11S2+. The van der Waals surface area contributed by atoms with E-state index >= 15 is 0 Å². The van der Waals surface area contributed by atoms with Crippen LogP contribution in [0.25, 0.3) is 0 Å². The summed E-state index contributed by atoms with van der Waals surface area (Å²) in [6.45, 7) is 4.12. The van der Waals surface area contributed by atoms with Crippen molar-refractivity contribution in [1.29, 1.82) is 0 Å². The first-order valence-electron chi connectivity index (χ1n) is 25.2. The smallest absolute Gasteiger partial charge is 0.314 e. The van der Waals surface area contributed by atoms with E-state index < -0.39 is 27.1 Å². The lowest BCUT2D eigenvalue weighted by atomic mass is 10.1. The molecule has 0 heterocycles. The molecule has 75 heavy (non-hydrogen) atoms. The topological polar surface area (TPSA) is 219 Å². The largest absolute Gasteiger partial charge is 0.484 e. The predicted octanol–water partition coefficient (Wildman–Crippen LogP) is 4.16. The Balaban J connectivity index is 0.679. The van der Waals surface area contributed by atoms with Crippen LogP contribution in [0.1, 0.15) is 47.3 Å². The lowest BCUT2D eigenvalue weighted by Crippen LogP contribution is -2.39. The molecule has 4 aromatic rings. The molecule has 4 amide bonds. The number of carbonyl (C=O) groups excluding carboxylic acids is 2. The number of nitrogens with one attached hydrogen (secondary N) is 6. The Morgan fingerprint density at radius 1 is 0.560 bits per heavy atom. The Labute approximate surface area is 441 Å². The normalized spacial score (nSPS) is 17.4. The Bertz CT molecular complexity index is 2550. The first kappa shape index (κ1) is 58.9. The van der Waals surface area contributed by atoms with Crippen LogP contribution in [-0.4, -0.2) is 163 Å². The van der Waals surface area contributed by atoms with Crippen molar-refractivity contribution in [3.05, 3.63) is 119 Å². The fourth-order valence-electron chi connectivity index (χ4n) is 8.49. The molecule has 0 aromatic heterocycles. The summed E-state index contributed by atoms with van der Waals surface area (Å²) in [5.41, 5.74) is 3.73. The highest BCUT2D eigenvalue weighted by Gasteiger charge is 2.37. The molecule has 3 unspecified atom stereocenters. The fourth-order valence-corrected chi connectivity index (χ4v) is 10.4. The molecule has 0 bridgehead atoms. The molecule has 412 valence electrons. The summed E-state index contributed by atoms with van der Waals surface area (Å²) >= 11 is 0. The summed E-state index contributed by atoms with van der Waals surface area (Å²) < 4.78 is 107. The molecule has 2 aliphatic carbocycles. The minimum absolute atomic E-state index is 0.00332. The van der Waals surface area contributed by atoms with E-state index in [0.717, 1.165) is 35.1 Å². The number of fused-ring (bicyclic) bond motifs is 2. The van der Waals surface area contributed by atoms with Crippen molar-refractivity contribution in [1.82, 2.24) is 40.5 Å². The number of ether oxygens (including phenoxy) is 6. The maximum Gasteiger partial charge on any atom is 0.314 e. The maximum atomic E-state index is 14.0. The average molecular weight is 1090 g/mol. The Hall–Kier alpha value is -5.34. The summed E-state index contributed by atoms with van der Waals surface area (Å²) in [5.74, 6) is 0.470. The molecule has 19 nitrogen and oxygen atoms in total. The number of carbonyl (C=O) groups is 2. The van der Waals surface area contributed by atoms with Gasteiger partial charge in [0.05, 0.1) is 76.4 Å². The third kappa shape index (κ3) is 19.0. The molecule has 0 spiro atoms. The Morgan fingerprint density at radius 3 is 1.43 bits per heavy atom. The third-order valence-corrected chi connectivity index (χ3v) is 15.2. The molecule has 0 saturated heterocycles. The Kier molecular flexibility index (Phi) is 23.9. The first-order chi connectivity index (χ1) is 36.2. The number of rotatable bonds is 33. The van der Waals surface area contributed by atoms with Gasteiger partial charge in [0, 0.05) is 43.9 Å². The van der Waals surface area contributed by atoms with E-state index in [-0.39, 0.29) is 86.3 Å². The van der Waals surface area contributed by atoms with Gasteiger partial charge in [0.1, 0.15) is 35.3 Å². The SMILES string of the molecule is CN(C)C1Cc2ccc(F)cc2[C@@H]1Oc1ccc([SH+](=O)NCCOCCOCCNC(=O)NCCCCNC(=O)NCCOCCOCCNS(=O)(=O)c2ccc(O[C@H]3c4cc(F)ccc4CC3N(C)C)cc2)cc1. The highest BCUT2D eigenvalue weighted by molar-refractivity contribution is 7.89. The lowest BCUT2D eigenvalue weighted by Gasteiger charge is -2.27. The number of urea groups is 2. The molecular weight excluding hydrogens is 1010 g/mol. The molecule has 23 heteroatoms. The van der Waals surface area contributed by atoms with Gasteiger partial charge < -0.3 is 59.5 Å². The van der Waals surface area contributed by atoms with E-state index in [1.165, 1.54) is 30.3 Å². The second-order valence-electron chi connectivity index (χ2n) is 18.3. The van der Waals surface area contributed by atoms with Crippen LogP contribution in [-0.2, 0) is 57.0 Å². The number of amides is 4. The summed E-state index contributed by atoms with van der Waals surface area (Å²) in [6.07, 6.45) is 2.10. The van der Waals surface area contributed by atoms with E-state index in [1.54, 1.807) is 48.5 Å². The molecule has 5 atom stereocenters. The van der Waals surface area contributed by atoms with Gasteiger partial charge in [-0.05, 0) is 138 Å². The second-order valence-corrected chi connectivity index (χ2v) is 21.5. The summed E-state index contributed by atoms with van der Waals surface area (Å²) in [6, 6.07) is 22.2. The van der Waals surface area contributed by atoms with Crippen molar-refractivity contribution in [2.45, 2.75) is 59.8 Å². The van der Waals surface area contributed by atoms with Gasteiger partial charge in [-0.25, -0.2) is 31.5 Å². The van der Waals surface area contributed by atoms with Gasteiger partial charge in [-0.3, -0.25) is 0 Å². The van der Waals surface area contributed by atoms with Crippen LogP contribution in [0.5, 0.6) is 11.5 Å². The van der Waals surface area contributed by atoms with Gasteiger partial charge in [-0.2, -0.15) is 0 Å². The summed E-state index contributed by atoms with van der Waals surface area (Å²) in [4.78, 5) is 29.0. The number of unbranched alkanes of at least 4 members (excludes halogenated alkanes) is 1. The molecule has 0 fully saturated rings. The zero-order valence-electron chi connectivity index (χ0n) is 43.1. The van der Waals surface area contributed by atoms with Gasteiger partial charge in [0.15, 0.2) is 15.9 Å². The van der Waals surface area contributed by atoms with Crippen LogP contribution >= 0.6 is 0 Å². The summed E-state index contributed by atoms with van der Waals surface area (Å²) in [7, 11) is 2.21. The average Bonchev–Trinajstić information content (AvgIpc) is 3.93. The molecule has 0 radical (unpaired) electrons. The zero-order chi connectivity index (χ0) is 53.6. The predicted molar refractivity (Wildman–Crippen MR) is 281 cm³/mol. The second kappa shape index (κ2) is 30.4. The molecule has 4 aromatic carbocycles. The zero-order valence-corrected chi connectivity index (χ0v) is 44.8. The number of likely N-dealkylation sites (N-methyl/N-ethyl adjacent to an activating group) is 2. The van der Waals surface area contributed by atoms with E-state index in [4.69, 9.17) is 28.4 Å². The third-order valence-electron chi connectivity index (χ3n) is 12.5. The standard InChI is InChI=1S/C52H72F2N8O11S2/c1-61(2)47-33-37-7-9-39(53)35-45(37)49(47)72-41-11-15-43(16-12-41)74(65)59-23-27-70-31-29-68-25-21-57-51(63)55-19-5-6-20-56-52(64)58-22-26-69-30-32-71-28-24-60-75(66,67)44-17-13-42(14-18-44)73-50-46-36-40(54)10-8-38(46)34-48(50)62(3)4/h7-18,35-36,47-50,60H,5-6,19-34H2,1-4H3,(H,59,65)(H2,55,57,63)(H2,56,58,64)/p+1/t47?,48?,49-,50-,74?/m0/s1. The number of sulfonamides is 1. The maximum absolute atomic E-state index is 14.0. The van der Waals surface area contributed by atoms with Gasteiger partial charge in [-0.15, -0.1) is 4.72 Å². The monoisotopic (exact) mass is 1090 g/mol. The van der Waals surface area contributed by atoms with Crippen molar-refractivity contribution in [2.24, 2.45) is 0 Å². The molecule has 0 aliphatic heterocycles. The van der Waals surface area contributed by atoms with Gasteiger partial charge >= 0.3 is 12.1 Å². The van der Waals surface area contributed by atoms with Crippen LogP contribution in [0.2, 0.25) is 0 Å². The van der Waals surface area contributed by atoms with Gasteiger partial charge in [0.25, 0.3) is 0 Å². The van der Waals surface area contributed by atoms with Crippen molar-refractivity contribution >= 4 is 33.1 Å². The van der Waals surface area contributed by atoms with Crippen LogP contribution < -0.4 is 40.2 Å². The van der Waals surface area contributed by atoms with Crippen molar-refractivity contribution < 1.29 is 59.4 Å². The molecule has 6 rings (SSSR count). The van der Waals surface area contributed by atoms with Crippen molar-refractivity contribution in [2.75, 3.05) is 120 Å². The van der Waals surface area contributed by atoms with Crippen molar-refractivity contribution in [3.63, 3.8) is 0 Å². The van der Waals surface area contributed by atoms with Gasteiger partial charge in [-0.1, -0.05) is 16.3 Å². The molecule has 2 aliphatic rings. The number of nitrogens with zero attached hydrogens (tertiary/aromatic N) is 2. The highest BCUT2D eigenvalue weighted by Crippen LogP contribution is 2.39. The lowest BCUT2D eigenvalue weighted by molar-refractivity contribution is 0.0516. The van der Waals surface area contributed by atoms with E-state index in [0.29, 0.717) is 81.8 Å². The highest BCUT2D eigenvalue weighted by atomic mass is 32.2. The number of hydrogen-bond donors (Lipinski definition) is 6. The molecule has 6 N–H and O–H groups in total. The van der Waals surface area contributed by atoms with Crippen molar-refractivity contribution in [3.8, 4) is 11.5 Å². The minimum Gasteiger partial charge on any atom is -0.484 e.